The van der Waals surface area contributed by atoms with Gasteiger partial charge in [0.15, 0.2) is 0 Å². The van der Waals surface area contributed by atoms with Crippen molar-refractivity contribution >= 4 is 27.5 Å². The molecule has 7 nitrogen and oxygen atoms in total. The molecule has 1 N–H and O–H groups in total. The smallest absolute Gasteiger partial charge is 0.264 e. The van der Waals surface area contributed by atoms with E-state index in [9.17, 15) is 18.0 Å². The lowest BCUT2D eigenvalue weighted by molar-refractivity contribution is -0.139. The summed E-state index contributed by atoms with van der Waals surface area (Å²) in [5.41, 5.74) is 3.87. The van der Waals surface area contributed by atoms with Crippen molar-refractivity contribution in [2.24, 2.45) is 0 Å². The molecule has 3 aromatic rings. The number of nitrogens with one attached hydrogen (secondary N) is 1. The van der Waals surface area contributed by atoms with Crippen molar-refractivity contribution < 1.29 is 18.0 Å². The summed E-state index contributed by atoms with van der Waals surface area (Å²) in [6, 6.07) is 20.5. The highest BCUT2D eigenvalue weighted by atomic mass is 32.2. The number of sulfonamides is 1. The Balaban J connectivity index is 2.05. The topological polar surface area (TPSA) is 86.8 Å². The predicted octanol–water partition coefficient (Wildman–Crippen LogP) is 5.14. The van der Waals surface area contributed by atoms with Crippen molar-refractivity contribution in [1.82, 2.24) is 10.2 Å². The number of amides is 2. The number of rotatable bonds is 11. The van der Waals surface area contributed by atoms with Crippen LogP contribution in [0.2, 0.25) is 0 Å². The van der Waals surface area contributed by atoms with Gasteiger partial charge in [-0.2, -0.15) is 0 Å². The second-order valence-electron chi connectivity index (χ2n) is 10.0. The van der Waals surface area contributed by atoms with Gasteiger partial charge >= 0.3 is 0 Å². The van der Waals surface area contributed by atoms with E-state index in [1.54, 1.807) is 43.3 Å². The van der Waals surface area contributed by atoms with Crippen LogP contribution in [0.3, 0.4) is 0 Å². The standard InChI is InChI=1S/C31H39N3O4S/c1-7-24(4)32-31(36)26(6)33(20-27-13-9-8-10-14-27)30(35)21-34(29-15-11-12-23(3)25(29)5)39(37,38)28-18-16-22(2)17-19-28/h8-19,24,26H,7,20-21H2,1-6H3,(H,32,36)/t24-,26+/m1/s1. The minimum absolute atomic E-state index is 0.0537. The molecule has 0 aliphatic heterocycles. The normalized spacial score (nSPS) is 12.9. The first-order valence-electron chi connectivity index (χ1n) is 13.2. The Morgan fingerprint density at radius 2 is 1.51 bits per heavy atom. The molecule has 0 spiro atoms. The minimum atomic E-state index is -4.10. The van der Waals surface area contributed by atoms with E-state index in [2.05, 4.69) is 5.32 Å². The van der Waals surface area contributed by atoms with Crippen molar-refractivity contribution in [3.8, 4) is 0 Å². The Labute approximate surface area is 232 Å². The number of carbonyl (C=O) groups excluding carboxylic acids is 2. The molecule has 0 aliphatic carbocycles. The van der Waals surface area contributed by atoms with Crippen LogP contribution in [-0.4, -0.2) is 43.8 Å². The molecular formula is C31H39N3O4S. The van der Waals surface area contributed by atoms with E-state index in [1.807, 2.05) is 71.0 Å². The second kappa shape index (κ2) is 12.9. The lowest BCUT2D eigenvalue weighted by atomic mass is 10.1. The largest absolute Gasteiger partial charge is 0.352 e. The maximum Gasteiger partial charge on any atom is 0.264 e. The summed E-state index contributed by atoms with van der Waals surface area (Å²) in [6.45, 7) is 10.9. The van der Waals surface area contributed by atoms with Gasteiger partial charge in [0.05, 0.1) is 10.6 Å². The Morgan fingerprint density at radius 1 is 0.872 bits per heavy atom. The summed E-state index contributed by atoms with van der Waals surface area (Å²) in [6.07, 6.45) is 0.750. The molecule has 0 bridgehead atoms. The summed E-state index contributed by atoms with van der Waals surface area (Å²) in [4.78, 5) is 28.7. The van der Waals surface area contributed by atoms with E-state index < -0.39 is 28.5 Å². The number of carbonyl (C=O) groups is 2. The van der Waals surface area contributed by atoms with Crippen LogP contribution in [0.15, 0.2) is 77.7 Å². The van der Waals surface area contributed by atoms with E-state index in [0.717, 1.165) is 28.7 Å². The van der Waals surface area contributed by atoms with Crippen molar-refractivity contribution in [3.05, 3.63) is 95.1 Å². The first-order valence-corrected chi connectivity index (χ1v) is 14.7. The first-order chi connectivity index (χ1) is 18.4. The van der Waals surface area contributed by atoms with E-state index in [-0.39, 0.29) is 23.4 Å². The van der Waals surface area contributed by atoms with Crippen molar-refractivity contribution in [3.63, 3.8) is 0 Å². The molecule has 208 valence electrons. The molecule has 0 aliphatic rings. The molecule has 0 saturated carbocycles. The molecule has 2 atom stereocenters. The van der Waals surface area contributed by atoms with Gasteiger partial charge in [-0.15, -0.1) is 0 Å². The van der Waals surface area contributed by atoms with Crippen LogP contribution in [0.5, 0.6) is 0 Å². The summed E-state index contributed by atoms with van der Waals surface area (Å²) >= 11 is 0. The molecule has 0 radical (unpaired) electrons. The summed E-state index contributed by atoms with van der Waals surface area (Å²) in [5, 5.41) is 2.95. The Morgan fingerprint density at radius 3 is 2.13 bits per heavy atom. The average molecular weight is 550 g/mol. The zero-order valence-electron chi connectivity index (χ0n) is 23.6. The zero-order valence-corrected chi connectivity index (χ0v) is 24.5. The molecule has 3 aromatic carbocycles. The highest BCUT2D eigenvalue weighted by Gasteiger charge is 2.33. The Kier molecular flexibility index (Phi) is 9.92. The maximum absolute atomic E-state index is 14.0. The highest BCUT2D eigenvalue weighted by Crippen LogP contribution is 2.29. The number of hydrogen-bond donors (Lipinski definition) is 1. The summed E-state index contributed by atoms with van der Waals surface area (Å²) < 4.78 is 29.1. The molecule has 3 rings (SSSR count). The van der Waals surface area contributed by atoms with E-state index in [1.165, 1.54) is 9.21 Å². The van der Waals surface area contributed by atoms with Gasteiger partial charge in [0, 0.05) is 12.6 Å². The third-order valence-electron chi connectivity index (χ3n) is 7.10. The molecule has 39 heavy (non-hydrogen) atoms. The van der Waals surface area contributed by atoms with E-state index in [0.29, 0.717) is 5.69 Å². The molecule has 0 heterocycles. The predicted molar refractivity (Wildman–Crippen MR) is 156 cm³/mol. The SMILES string of the molecule is CC[C@@H](C)NC(=O)[C@H](C)N(Cc1ccccc1)C(=O)CN(c1cccc(C)c1C)S(=O)(=O)c1ccc(C)cc1. The molecular weight excluding hydrogens is 510 g/mol. The fraction of sp³-hybridized carbons (Fsp3) is 0.355. The maximum atomic E-state index is 14.0. The van der Waals surface area contributed by atoms with Gasteiger partial charge in [-0.1, -0.05) is 67.1 Å². The van der Waals surface area contributed by atoms with Gasteiger partial charge in [-0.05, 0) is 75.9 Å². The van der Waals surface area contributed by atoms with Gasteiger partial charge in [0.2, 0.25) is 11.8 Å². The Bertz CT molecular complexity index is 1390. The molecule has 0 saturated heterocycles. The fourth-order valence-corrected chi connectivity index (χ4v) is 5.66. The number of anilines is 1. The quantitative estimate of drug-likeness (QED) is 0.359. The molecule has 2 amide bonds. The van der Waals surface area contributed by atoms with Crippen LogP contribution in [0.4, 0.5) is 5.69 Å². The minimum Gasteiger partial charge on any atom is -0.352 e. The van der Waals surface area contributed by atoms with Gasteiger partial charge in [-0.3, -0.25) is 13.9 Å². The molecule has 0 fully saturated rings. The van der Waals surface area contributed by atoms with Gasteiger partial charge in [0.1, 0.15) is 12.6 Å². The van der Waals surface area contributed by atoms with Crippen LogP contribution < -0.4 is 9.62 Å². The van der Waals surface area contributed by atoms with Gasteiger partial charge in [0.25, 0.3) is 10.0 Å². The first kappa shape index (κ1) is 29.9. The summed E-state index contributed by atoms with van der Waals surface area (Å²) in [7, 11) is -4.10. The number of benzene rings is 3. The third-order valence-corrected chi connectivity index (χ3v) is 8.87. The van der Waals surface area contributed by atoms with Crippen LogP contribution in [0.1, 0.15) is 49.4 Å². The zero-order chi connectivity index (χ0) is 28.7. The van der Waals surface area contributed by atoms with E-state index in [4.69, 9.17) is 0 Å². The van der Waals surface area contributed by atoms with Crippen LogP contribution in [0, 0.1) is 20.8 Å². The second-order valence-corrected chi connectivity index (χ2v) is 11.9. The van der Waals surface area contributed by atoms with Crippen molar-refractivity contribution in [2.75, 3.05) is 10.8 Å². The number of nitrogens with zero attached hydrogens (tertiary/aromatic N) is 2. The van der Waals surface area contributed by atoms with Crippen molar-refractivity contribution in [1.29, 1.82) is 0 Å². The van der Waals surface area contributed by atoms with Crippen molar-refractivity contribution in [2.45, 2.75) is 71.5 Å². The number of aryl methyl sites for hydroxylation is 2. The van der Waals surface area contributed by atoms with E-state index >= 15 is 0 Å². The van der Waals surface area contributed by atoms with Crippen LogP contribution >= 0.6 is 0 Å². The number of hydrogen-bond acceptors (Lipinski definition) is 4. The average Bonchev–Trinajstić information content (AvgIpc) is 2.92. The summed E-state index contributed by atoms with van der Waals surface area (Å²) in [5.74, 6) is -0.754. The Hall–Kier alpha value is -3.65. The lowest BCUT2D eigenvalue weighted by Crippen LogP contribution is -2.52. The van der Waals surface area contributed by atoms with Crippen LogP contribution in [0.25, 0.3) is 0 Å². The van der Waals surface area contributed by atoms with Gasteiger partial charge < -0.3 is 10.2 Å². The third kappa shape index (κ3) is 7.26. The molecule has 8 heteroatoms. The molecule has 0 unspecified atom stereocenters. The fourth-order valence-electron chi connectivity index (χ4n) is 4.18. The highest BCUT2D eigenvalue weighted by molar-refractivity contribution is 7.92. The molecule has 0 aromatic heterocycles. The lowest BCUT2D eigenvalue weighted by Gasteiger charge is -2.33. The monoisotopic (exact) mass is 549 g/mol. The van der Waals surface area contributed by atoms with Crippen LogP contribution in [-0.2, 0) is 26.2 Å². The van der Waals surface area contributed by atoms with Gasteiger partial charge in [-0.25, -0.2) is 8.42 Å².